The molecule has 0 spiro atoms. The van der Waals surface area contributed by atoms with Crippen molar-refractivity contribution >= 4 is 39.2 Å². The van der Waals surface area contributed by atoms with Crippen LogP contribution in [0.1, 0.15) is 10.4 Å². The number of sulfonamides is 1. The zero-order valence-corrected chi connectivity index (χ0v) is 17.7. The van der Waals surface area contributed by atoms with Gasteiger partial charge in [-0.05, 0) is 24.3 Å². The van der Waals surface area contributed by atoms with Crippen LogP contribution >= 0.6 is 11.6 Å². The first kappa shape index (κ1) is 22.7. The van der Waals surface area contributed by atoms with Crippen molar-refractivity contribution in [3.63, 3.8) is 0 Å². The van der Waals surface area contributed by atoms with E-state index in [1.165, 1.54) is 27.4 Å². The van der Waals surface area contributed by atoms with Crippen molar-refractivity contribution < 1.29 is 27.7 Å². The summed E-state index contributed by atoms with van der Waals surface area (Å²) in [6.45, 7) is -0.170. The molecule has 0 N–H and O–H groups in total. The number of nitro groups is 1. The summed E-state index contributed by atoms with van der Waals surface area (Å²) < 4.78 is 31.5. The lowest BCUT2D eigenvalue weighted by atomic mass is 10.2. The number of hydrogen-bond acceptors (Lipinski definition) is 7. The third-order valence-corrected chi connectivity index (χ3v) is 6.82. The van der Waals surface area contributed by atoms with Gasteiger partial charge >= 0.3 is 5.97 Å². The van der Waals surface area contributed by atoms with Crippen LogP contribution in [0.25, 0.3) is 0 Å². The zero-order chi connectivity index (χ0) is 22.6. The number of amides is 1. The number of nitrogens with zero attached hydrogens (tertiary/aromatic N) is 3. The highest BCUT2D eigenvalue weighted by atomic mass is 35.5. The molecule has 2 aromatic rings. The van der Waals surface area contributed by atoms with Gasteiger partial charge in [-0.15, -0.1) is 0 Å². The molecule has 1 aliphatic rings. The van der Waals surface area contributed by atoms with E-state index in [-0.39, 0.29) is 41.7 Å². The quantitative estimate of drug-likeness (QED) is 0.361. The third-order valence-electron chi connectivity index (χ3n) is 4.68. The van der Waals surface area contributed by atoms with Crippen LogP contribution in [-0.2, 0) is 19.6 Å². The minimum Gasteiger partial charge on any atom is -0.452 e. The van der Waals surface area contributed by atoms with Crippen LogP contribution in [0, 0.1) is 10.1 Å². The van der Waals surface area contributed by atoms with Crippen LogP contribution in [-0.4, -0.2) is 67.2 Å². The first-order valence-corrected chi connectivity index (χ1v) is 11.0. The van der Waals surface area contributed by atoms with Crippen molar-refractivity contribution in [3.05, 3.63) is 69.2 Å². The Kier molecular flexibility index (Phi) is 6.88. The first-order chi connectivity index (χ1) is 14.7. The molecule has 0 radical (unpaired) electrons. The van der Waals surface area contributed by atoms with E-state index in [1.54, 1.807) is 18.2 Å². The van der Waals surface area contributed by atoms with E-state index >= 15 is 0 Å². The topological polar surface area (TPSA) is 127 Å². The monoisotopic (exact) mass is 467 g/mol. The molecule has 3 rings (SSSR count). The minimum atomic E-state index is -3.65. The summed E-state index contributed by atoms with van der Waals surface area (Å²) in [5.74, 6) is -1.55. The van der Waals surface area contributed by atoms with E-state index in [2.05, 4.69) is 0 Å². The lowest BCUT2D eigenvalue weighted by molar-refractivity contribution is -0.385. The van der Waals surface area contributed by atoms with Gasteiger partial charge in [0.15, 0.2) is 6.61 Å². The summed E-state index contributed by atoms with van der Waals surface area (Å²) in [6.07, 6.45) is 0. The van der Waals surface area contributed by atoms with Crippen molar-refractivity contribution in [1.29, 1.82) is 0 Å². The summed E-state index contributed by atoms with van der Waals surface area (Å²) >= 11 is 5.71. The lowest BCUT2D eigenvalue weighted by Gasteiger charge is -2.33. The average molecular weight is 468 g/mol. The standard InChI is InChI=1S/C19H18ClN3O7S/c20-14-6-7-16(17(12-14)23(26)27)19(25)30-13-18(24)21-8-10-22(11-9-21)31(28,29)15-4-2-1-3-5-15/h1-7,12H,8-11,13H2. The van der Waals surface area contributed by atoms with Gasteiger partial charge in [-0.3, -0.25) is 14.9 Å². The average Bonchev–Trinajstić information content (AvgIpc) is 2.77. The molecule has 1 saturated heterocycles. The van der Waals surface area contributed by atoms with E-state index in [9.17, 15) is 28.1 Å². The van der Waals surface area contributed by atoms with Crippen LogP contribution in [0.15, 0.2) is 53.4 Å². The molecule has 0 atom stereocenters. The van der Waals surface area contributed by atoms with Gasteiger partial charge in [0.05, 0.1) is 9.82 Å². The second-order valence-corrected chi connectivity index (χ2v) is 8.97. The van der Waals surface area contributed by atoms with E-state index in [4.69, 9.17) is 16.3 Å². The van der Waals surface area contributed by atoms with Crippen LogP contribution in [0.4, 0.5) is 5.69 Å². The normalized spacial score (nSPS) is 14.8. The van der Waals surface area contributed by atoms with Crippen LogP contribution in [0.5, 0.6) is 0 Å². The molecule has 0 unspecified atom stereocenters. The fourth-order valence-corrected chi connectivity index (χ4v) is 4.65. The summed E-state index contributed by atoms with van der Waals surface area (Å²) in [5.41, 5.74) is -0.842. The van der Waals surface area contributed by atoms with Gasteiger partial charge < -0.3 is 9.64 Å². The highest BCUT2D eigenvalue weighted by Crippen LogP contribution is 2.24. The Balaban J connectivity index is 1.56. The van der Waals surface area contributed by atoms with Crippen LogP contribution in [0.3, 0.4) is 0 Å². The van der Waals surface area contributed by atoms with Crippen LogP contribution in [0.2, 0.25) is 5.02 Å². The number of carbonyl (C=O) groups excluding carboxylic acids is 2. The molecule has 0 aromatic heterocycles. The van der Waals surface area contributed by atoms with Gasteiger partial charge in [0.1, 0.15) is 5.56 Å². The largest absolute Gasteiger partial charge is 0.452 e. The van der Waals surface area contributed by atoms with Crippen molar-refractivity contribution in [2.75, 3.05) is 32.8 Å². The molecular weight excluding hydrogens is 450 g/mol. The second-order valence-electron chi connectivity index (χ2n) is 6.59. The van der Waals surface area contributed by atoms with Gasteiger partial charge in [-0.1, -0.05) is 29.8 Å². The van der Waals surface area contributed by atoms with E-state index in [1.807, 2.05) is 0 Å². The van der Waals surface area contributed by atoms with E-state index < -0.39 is 39.1 Å². The smallest absolute Gasteiger partial charge is 0.345 e. The Morgan fingerprint density at radius 2 is 1.71 bits per heavy atom. The molecule has 1 heterocycles. The number of carbonyl (C=O) groups is 2. The fraction of sp³-hybridized carbons (Fsp3) is 0.263. The third kappa shape index (κ3) is 5.19. The van der Waals surface area contributed by atoms with Gasteiger partial charge in [-0.2, -0.15) is 4.31 Å². The molecular formula is C19H18ClN3O7S. The maximum Gasteiger partial charge on any atom is 0.345 e. The molecule has 12 heteroatoms. The van der Waals surface area contributed by atoms with Gasteiger partial charge in [0.25, 0.3) is 11.6 Å². The Morgan fingerprint density at radius 1 is 1.06 bits per heavy atom. The van der Waals surface area contributed by atoms with Crippen molar-refractivity contribution in [2.45, 2.75) is 4.90 Å². The summed E-state index contributed by atoms with van der Waals surface area (Å²) in [6, 6.07) is 11.5. The Morgan fingerprint density at radius 3 is 2.32 bits per heavy atom. The molecule has 31 heavy (non-hydrogen) atoms. The van der Waals surface area contributed by atoms with Gasteiger partial charge in [0.2, 0.25) is 10.0 Å². The van der Waals surface area contributed by atoms with Crippen LogP contribution < -0.4 is 0 Å². The molecule has 10 nitrogen and oxygen atoms in total. The maximum atomic E-state index is 12.6. The number of nitro benzene ring substituents is 1. The number of ether oxygens (including phenoxy) is 1. The van der Waals surface area contributed by atoms with Crippen molar-refractivity contribution in [1.82, 2.24) is 9.21 Å². The highest BCUT2D eigenvalue weighted by molar-refractivity contribution is 7.89. The van der Waals surface area contributed by atoms with Crippen molar-refractivity contribution in [2.24, 2.45) is 0 Å². The minimum absolute atomic E-state index is 0.0858. The van der Waals surface area contributed by atoms with Gasteiger partial charge in [-0.25, -0.2) is 13.2 Å². The number of hydrogen-bond donors (Lipinski definition) is 0. The zero-order valence-electron chi connectivity index (χ0n) is 16.1. The molecule has 0 saturated carbocycles. The Labute approximate surface area is 183 Å². The summed E-state index contributed by atoms with van der Waals surface area (Å²) in [4.78, 5) is 36.4. The summed E-state index contributed by atoms with van der Waals surface area (Å²) in [7, 11) is -3.65. The van der Waals surface area contributed by atoms with Gasteiger partial charge in [0, 0.05) is 37.3 Å². The van der Waals surface area contributed by atoms with E-state index in [0.717, 1.165) is 12.1 Å². The number of benzene rings is 2. The van der Waals surface area contributed by atoms with E-state index in [0.29, 0.717) is 0 Å². The molecule has 1 fully saturated rings. The molecule has 2 aromatic carbocycles. The molecule has 0 bridgehead atoms. The molecule has 1 amide bonds. The lowest BCUT2D eigenvalue weighted by Crippen LogP contribution is -2.51. The number of halogens is 1. The molecule has 1 aliphatic heterocycles. The number of piperazine rings is 1. The highest BCUT2D eigenvalue weighted by Gasteiger charge is 2.30. The predicted molar refractivity (Wildman–Crippen MR) is 110 cm³/mol. The molecule has 0 aliphatic carbocycles. The fourth-order valence-electron chi connectivity index (χ4n) is 3.04. The summed E-state index contributed by atoms with van der Waals surface area (Å²) in [5, 5.41) is 11.2. The first-order valence-electron chi connectivity index (χ1n) is 9.14. The Bertz CT molecular complexity index is 1100. The SMILES string of the molecule is O=C(OCC(=O)N1CCN(S(=O)(=O)c2ccccc2)CC1)c1ccc(Cl)cc1[N+](=O)[O-]. The maximum absolute atomic E-state index is 12.6. The number of rotatable bonds is 6. The Hall–Kier alpha value is -3.02. The number of esters is 1. The second kappa shape index (κ2) is 9.41. The predicted octanol–water partition coefficient (Wildman–Crippen LogP) is 1.94. The molecule has 164 valence electrons. The van der Waals surface area contributed by atoms with Crippen molar-refractivity contribution in [3.8, 4) is 0 Å².